The molecule has 0 saturated heterocycles. The summed E-state index contributed by atoms with van der Waals surface area (Å²) < 4.78 is 0. The molecule has 0 aliphatic carbocycles. The van der Waals surface area contributed by atoms with E-state index in [4.69, 9.17) is 0 Å². The summed E-state index contributed by atoms with van der Waals surface area (Å²) in [4.78, 5) is 0. The topological polar surface area (TPSA) is 80.9 Å². The molecule has 0 heterocycles. The van der Waals surface area contributed by atoms with Gasteiger partial charge in [0.1, 0.15) is 17.2 Å². The Hall–Kier alpha value is -2.98. The third-order valence-corrected chi connectivity index (χ3v) is 10.2. The van der Waals surface area contributed by atoms with Crippen LogP contribution in [0.1, 0.15) is 189 Å². The van der Waals surface area contributed by atoms with Crippen molar-refractivity contribution < 1.29 is 20.4 Å². The van der Waals surface area contributed by atoms with Crippen molar-refractivity contribution in [3.05, 3.63) is 86.5 Å². The van der Waals surface area contributed by atoms with Crippen molar-refractivity contribution in [2.75, 3.05) is 0 Å². The summed E-state index contributed by atoms with van der Waals surface area (Å²) in [6.07, 6.45) is 2.29. The Labute approximate surface area is 301 Å². The van der Waals surface area contributed by atoms with Gasteiger partial charge in [0.15, 0.2) is 0 Å². The molecule has 0 radical (unpaired) electrons. The van der Waals surface area contributed by atoms with Gasteiger partial charge in [-0.1, -0.05) is 143 Å². The van der Waals surface area contributed by atoms with Crippen molar-refractivity contribution in [1.82, 2.24) is 0 Å². The van der Waals surface area contributed by atoms with Crippen LogP contribution in [-0.2, 0) is 5.60 Å². The van der Waals surface area contributed by atoms with Gasteiger partial charge in [0, 0.05) is 5.56 Å². The van der Waals surface area contributed by atoms with E-state index in [9.17, 15) is 20.4 Å². The highest BCUT2D eigenvalue weighted by Gasteiger charge is 2.31. The lowest BCUT2D eigenvalue weighted by Gasteiger charge is -2.30. The van der Waals surface area contributed by atoms with Gasteiger partial charge >= 0.3 is 0 Å². The van der Waals surface area contributed by atoms with Gasteiger partial charge in [-0.15, -0.1) is 0 Å². The Kier molecular flexibility index (Phi) is 16.9. The Morgan fingerprint density at radius 1 is 0.531 bits per heavy atom. The first-order valence-corrected chi connectivity index (χ1v) is 18.7. The molecule has 3 rings (SSSR count). The fourth-order valence-corrected chi connectivity index (χ4v) is 6.17. The molecule has 3 atom stereocenters. The summed E-state index contributed by atoms with van der Waals surface area (Å²) in [6.45, 7) is 35.4. The SMILES string of the molecule is CCCC(C)c1cc(C)cc(C(C)C)c1O.Cc1cc(C(C)C)c(O)c(C(C)(O)C(C)C)c1.Cc1cc(C(C)C)c(O)c(C(C)C(C)C)c1. The molecule has 0 aromatic heterocycles. The van der Waals surface area contributed by atoms with Crippen LogP contribution in [0.5, 0.6) is 17.2 Å². The maximum Gasteiger partial charge on any atom is 0.125 e. The number of benzene rings is 3. The summed E-state index contributed by atoms with van der Waals surface area (Å²) in [7, 11) is 0. The minimum atomic E-state index is -1.00. The van der Waals surface area contributed by atoms with Crippen LogP contribution in [0, 0.1) is 32.6 Å². The first kappa shape index (κ1) is 44.0. The number of hydrogen-bond donors (Lipinski definition) is 4. The monoisotopic (exact) mass is 677 g/mol. The quantitative estimate of drug-likeness (QED) is 0.172. The Morgan fingerprint density at radius 2 is 0.878 bits per heavy atom. The molecule has 3 aromatic carbocycles. The summed E-state index contributed by atoms with van der Waals surface area (Å²) in [5, 5.41) is 41.4. The van der Waals surface area contributed by atoms with E-state index in [-0.39, 0.29) is 17.6 Å². The van der Waals surface area contributed by atoms with E-state index in [2.05, 4.69) is 100 Å². The van der Waals surface area contributed by atoms with Gasteiger partial charge in [0.25, 0.3) is 0 Å². The largest absolute Gasteiger partial charge is 0.507 e. The van der Waals surface area contributed by atoms with Gasteiger partial charge in [0.05, 0.1) is 5.60 Å². The van der Waals surface area contributed by atoms with Gasteiger partial charge in [0.2, 0.25) is 0 Å². The van der Waals surface area contributed by atoms with Crippen molar-refractivity contribution in [2.24, 2.45) is 11.8 Å². The van der Waals surface area contributed by atoms with Crippen LogP contribution in [0.3, 0.4) is 0 Å². The molecule has 0 aliphatic rings. The zero-order valence-electron chi connectivity index (χ0n) is 34.2. The van der Waals surface area contributed by atoms with Crippen LogP contribution in [0.15, 0.2) is 36.4 Å². The molecule has 3 unspecified atom stereocenters. The van der Waals surface area contributed by atoms with Crippen LogP contribution >= 0.6 is 0 Å². The van der Waals surface area contributed by atoms with Gasteiger partial charge < -0.3 is 20.4 Å². The molecule has 4 heteroatoms. The zero-order valence-corrected chi connectivity index (χ0v) is 34.2. The second-order valence-electron chi connectivity index (χ2n) is 16.3. The molecule has 4 nitrogen and oxygen atoms in total. The first-order chi connectivity index (χ1) is 22.5. The molecule has 4 N–H and O–H groups in total. The zero-order chi connectivity index (χ0) is 38.1. The number of phenolic OH excluding ortho intramolecular Hbond substituents is 3. The summed E-state index contributed by atoms with van der Waals surface area (Å²) in [5.41, 5.74) is 8.47. The third kappa shape index (κ3) is 11.8. The predicted molar refractivity (Wildman–Crippen MR) is 212 cm³/mol. The number of hydrogen-bond acceptors (Lipinski definition) is 4. The van der Waals surface area contributed by atoms with E-state index in [1.165, 1.54) is 11.1 Å². The van der Waals surface area contributed by atoms with Crippen molar-refractivity contribution in [3.8, 4) is 17.2 Å². The van der Waals surface area contributed by atoms with E-state index in [0.717, 1.165) is 46.2 Å². The fraction of sp³-hybridized carbons (Fsp3) is 0.600. The summed E-state index contributed by atoms with van der Waals surface area (Å²) in [5.74, 6) is 3.71. The molecule has 276 valence electrons. The van der Waals surface area contributed by atoms with Crippen LogP contribution in [-0.4, -0.2) is 20.4 Å². The summed E-state index contributed by atoms with van der Waals surface area (Å²) >= 11 is 0. The second-order valence-corrected chi connectivity index (χ2v) is 16.3. The lowest BCUT2D eigenvalue weighted by molar-refractivity contribution is 0.00683. The smallest absolute Gasteiger partial charge is 0.125 e. The Bertz CT molecular complexity index is 1480. The number of phenols is 3. The van der Waals surface area contributed by atoms with Crippen LogP contribution < -0.4 is 0 Å². The van der Waals surface area contributed by atoms with Crippen molar-refractivity contribution >= 4 is 0 Å². The molecule has 0 bridgehead atoms. The number of aromatic hydroxyl groups is 3. The lowest BCUT2D eigenvalue weighted by Crippen LogP contribution is -2.28. The molecule has 0 aliphatic heterocycles. The molecule has 0 saturated carbocycles. The van der Waals surface area contributed by atoms with Crippen molar-refractivity contribution in [2.45, 2.75) is 166 Å². The number of aryl methyl sites for hydroxylation is 3. The maximum absolute atomic E-state index is 10.5. The van der Waals surface area contributed by atoms with Gasteiger partial charge in [-0.3, -0.25) is 0 Å². The molecule has 0 fully saturated rings. The van der Waals surface area contributed by atoms with E-state index >= 15 is 0 Å². The first-order valence-electron chi connectivity index (χ1n) is 18.7. The standard InChI is InChI=1S/C15H24O2.2C15H24O/c1-9(2)12-7-11(5)8-13(14(12)16)15(6,17)10(3)4;1-9(2)12(6)14-8-11(5)7-13(10(3)4)15(14)16;1-6-7-12(5)14-9-11(4)8-13(10(2)3)15(14)16/h7-10,16-17H,1-6H3;7-10,12,16H,1-6H3;8-10,12,16H,6-7H2,1-5H3. The normalized spacial score (nSPS) is 14.0. The van der Waals surface area contributed by atoms with Gasteiger partial charge in [-0.25, -0.2) is 0 Å². The highest BCUT2D eigenvalue weighted by molar-refractivity contribution is 5.49. The fourth-order valence-electron chi connectivity index (χ4n) is 6.17. The lowest BCUT2D eigenvalue weighted by atomic mass is 9.82. The molecular formula is C45H72O4. The molecule has 0 amide bonds. The predicted octanol–water partition coefficient (Wildman–Crippen LogP) is 13.0. The van der Waals surface area contributed by atoms with Crippen molar-refractivity contribution in [3.63, 3.8) is 0 Å². The second kappa shape index (κ2) is 18.9. The highest BCUT2D eigenvalue weighted by atomic mass is 16.3. The highest BCUT2D eigenvalue weighted by Crippen LogP contribution is 2.41. The van der Waals surface area contributed by atoms with E-state index in [1.807, 2.05) is 46.8 Å². The average Bonchev–Trinajstić information content (AvgIpc) is 2.99. The Morgan fingerprint density at radius 3 is 1.24 bits per heavy atom. The minimum Gasteiger partial charge on any atom is -0.507 e. The van der Waals surface area contributed by atoms with Crippen molar-refractivity contribution in [1.29, 1.82) is 0 Å². The summed E-state index contributed by atoms with van der Waals surface area (Å²) in [6, 6.07) is 12.3. The molecular weight excluding hydrogens is 604 g/mol. The van der Waals surface area contributed by atoms with Gasteiger partial charge in [-0.05, 0) is 109 Å². The van der Waals surface area contributed by atoms with Crippen LogP contribution in [0.4, 0.5) is 0 Å². The molecule has 3 aromatic rings. The van der Waals surface area contributed by atoms with E-state index in [1.54, 1.807) is 6.92 Å². The third-order valence-electron chi connectivity index (χ3n) is 10.2. The minimum absolute atomic E-state index is 0.0511. The maximum atomic E-state index is 10.5. The molecule has 0 spiro atoms. The van der Waals surface area contributed by atoms with Crippen LogP contribution in [0.25, 0.3) is 0 Å². The number of aliphatic hydroxyl groups is 1. The average molecular weight is 677 g/mol. The van der Waals surface area contributed by atoms with E-state index < -0.39 is 5.60 Å². The van der Waals surface area contributed by atoms with Crippen LogP contribution in [0.2, 0.25) is 0 Å². The van der Waals surface area contributed by atoms with Gasteiger partial charge in [-0.2, -0.15) is 0 Å². The molecule has 49 heavy (non-hydrogen) atoms. The number of rotatable bonds is 10. The van der Waals surface area contributed by atoms with E-state index in [0.29, 0.717) is 46.7 Å². The Balaban J connectivity index is 0.000000368.